The van der Waals surface area contributed by atoms with Crippen LogP contribution in [0.5, 0.6) is 0 Å². The largest absolute Gasteiger partial charge is 0.383 e. The van der Waals surface area contributed by atoms with Gasteiger partial charge < -0.3 is 19.7 Å². The van der Waals surface area contributed by atoms with Crippen LogP contribution in [-0.2, 0) is 20.8 Å². The van der Waals surface area contributed by atoms with Gasteiger partial charge in [-0.2, -0.15) is 5.10 Å². The number of rotatable bonds is 6. The average Bonchev–Trinajstić information content (AvgIpc) is 3.16. The summed E-state index contributed by atoms with van der Waals surface area (Å²) >= 11 is 0. The minimum Gasteiger partial charge on any atom is -0.383 e. The summed E-state index contributed by atoms with van der Waals surface area (Å²) in [4.78, 5) is 26.4. The monoisotopic (exact) mass is 350 g/mol. The Hall–Kier alpha value is -1.93. The highest BCUT2D eigenvalue weighted by molar-refractivity contribution is 5.79. The van der Waals surface area contributed by atoms with Gasteiger partial charge in [0.05, 0.1) is 37.6 Å². The lowest BCUT2D eigenvalue weighted by Crippen LogP contribution is -2.46. The minimum absolute atomic E-state index is 0.00178. The highest BCUT2D eigenvalue weighted by Crippen LogP contribution is 2.19. The van der Waals surface area contributed by atoms with Gasteiger partial charge in [0, 0.05) is 38.9 Å². The van der Waals surface area contributed by atoms with Gasteiger partial charge in [-0.05, 0) is 19.3 Å². The molecule has 1 atom stereocenters. The van der Waals surface area contributed by atoms with E-state index >= 15 is 0 Å². The molecule has 2 aliphatic rings. The van der Waals surface area contributed by atoms with E-state index in [0.29, 0.717) is 26.4 Å². The van der Waals surface area contributed by atoms with Gasteiger partial charge in [-0.25, -0.2) is 4.68 Å². The van der Waals surface area contributed by atoms with Crippen molar-refractivity contribution >= 4 is 11.6 Å². The third-order valence-corrected chi connectivity index (χ3v) is 4.87. The fourth-order valence-electron chi connectivity index (χ4n) is 3.29. The Kier molecular flexibility index (Phi) is 6.04. The van der Waals surface area contributed by atoms with Crippen molar-refractivity contribution in [2.24, 2.45) is 5.92 Å². The Labute approximate surface area is 147 Å². The summed E-state index contributed by atoms with van der Waals surface area (Å²) in [5.74, 6) is 0.111. The molecule has 0 spiro atoms. The van der Waals surface area contributed by atoms with E-state index in [1.54, 1.807) is 19.4 Å². The molecule has 1 N–H and O–H groups in total. The van der Waals surface area contributed by atoms with Crippen LogP contribution in [-0.4, -0.2) is 61.7 Å². The van der Waals surface area contributed by atoms with Crippen molar-refractivity contribution in [1.82, 2.24) is 15.1 Å². The van der Waals surface area contributed by atoms with Crippen molar-refractivity contribution in [3.63, 3.8) is 0 Å². The quantitative estimate of drug-likeness (QED) is 0.778. The molecule has 2 saturated heterocycles. The topological polar surface area (TPSA) is 85.7 Å². The zero-order valence-electron chi connectivity index (χ0n) is 14.6. The molecule has 2 fully saturated rings. The summed E-state index contributed by atoms with van der Waals surface area (Å²) in [7, 11) is 1.60. The van der Waals surface area contributed by atoms with Crippen molar-refractivity contribution < 1.29 is 14.3 Å². The SMILES string of the molecule is COCCn1ncc(N2CCC(NC(=O)C3CCOC3)CC2)cc1=O. The second-order valence-corrected chi connectivity index (χ2v) is 6.60. The first-order chi connectivity index (χ1) is 12.2. The number of hydrogen-bond donors (Lipinski definition) is 1. The van der Waals surface area contributed by atoms with Gasteiger partial charge in [0.1, 0.15) is 0 Å². The van der Waals surface area contributed by atoms with Gasteiger partial charge >= 0.3 is 0 Å². The summed E-state index contributed by atoms with van der Waals surface area (Å²) in [6, 6.07) is 1.82. The predicted octanol–water partition coefficient (Wildman–Crippen LogP) is 0.0112. The van der Waals surface area contributed by atoms with E-state index in [1.165, 1.54) is 4.68 Å². The van der Waals surface area contributed by atoms with Crippen LogP contribution in [0.4, 0.5) is 5.69 Å². The van der Waals surface area contributed by atoms with Gasteiger partial charge in [0.2, 0.25) is 5.91 Å². The molecule has 138 valence electrons. The molecule has 8 heteroatoms. The summed E-state index contributed by atoms with van der Waals surface area (Å²) in [6.07, 6.45) is 4.28. The van der Waals surface area contributed by atoms with Crippen molar-refractivity contribution in [2.45, 2.75) is 31.8 Å². The number of methoxy groups -OCH3 is 1. The Balaban J connectivity index is 1.51. The molecule has 2 aliphatic heterocycles. The molecule has 1 amide bonds. The summed E-state index contributed by atoms with van der Waals surface area (Å²) in [5.41, 5.74) is 0.721. The number of nitrogens with zero attached hydrogens (tertiary/aromatic N) is 3. The van der Waals surface area contributed by atoms with E-state index in [2.05, 4.69) is 15.3 Å². The van der Waals surface area contributed by atoms with Gasteiger partial charge in [-0.15, -0.1) is 0 Å². The Morgan fingerprint density at radius 1 is 1.40 bits per heavy atom. The Bertz CT molecular complexity index is 634. The van der Waals surface area contributed by atoms with E-state index in [9.17, 15) is 9.59 Å². The van der Waals surface area contributed by atoms with Crippen LogP contribution in [0.3, 0.4) is 0 Å². The number of carbonyl (C=O) groups is 1. The molecule has 1 aromatic heterocycles. The maximum absolute atomic E-state index is 12.2. The molecule has 0 radical (unpaired) electrons. The number of amides is 1. The molecule has 0 aromatic carbocycles. The number of piperidine rings is 1. The van der Waals surface area contributed by atoms with E-state index in [-0.39, 0.29) is 23.4 Å². The van der Waals surface area contributed by atoms with Crippen LogP contribution in [0.1, 0.15) is 19.3 Å². The van der Waals surface area contributed by atoms with Crippen LogP contribution in [0.15, 0.2) is 17.1 Å². The molecular weight excluding hydrogens is 324 g/mol. The molecule has 25 heavy (non-hydrogen) atoms. The first-order valence-corrected chi connectivity index (χ1v) is 8.86. The van der Waals surface area contributed by atoms with E-state index in [1.807, 2.05) is 0 Å². The number of nitrogens with one attached hydrogen (secondary N) is 1. The molecule has 3 heterocycles. The minimum atomic E-state index is -0.119. The highest BCUT2D eigenvalue weighted by Gasteiger charge is 2.27. The van der Waals surface area contributed by atoms with Crippen LogP contribution in [0.2, 0.25) is 0 Å². The van der Waals surface area contributed by atoms with Gasteiger partial charge in [-0.3, -0.25) is 9.59 Å². The van der Waals surface area contributed by atoms with Crippen molar-refractivity contribution in [1.29, 1.82) is 0 Å². The second kappa shape index (κ2) is 8.44. The lowest BCUT2D eigenvalue weighted by atomic mass is 10.0. The molecule has 0 aliphatic carbocycles. The fraction of sp³-hybridized carbons (Fsp3) is 0.706. The maximum atomic E-state index is 12.2. The van der Waals surface area contributed by atoms with Crippen LogP contribution in [0.25, 0.3) is 0 Å². The summed E-state index contributed by atoms with van der Waals surface area (Å²) < 4.78 is 11.7. The Morgan fingerprint density at radius 2 is 2.20 bits per heavy atom. The van der Waals surface area contributed by atoms with E-state index in [0.717, 1.165) is 38.0 Å². The fourth-order valence-corrected chi connectivity index (χ4v) is 3.29. The molecular formula is C17H26N4O4. The number of hydrogen-bond acceptors (Lipinski definition) is 6. The van der Waals surface area contributed by atoms with Gasteiger partial charge in [0.15, 0.2) is 0 Å². The molecule has 0 saturated carbocycles. The maximum Gasteiger partial charge on any atom is 0.268 e. The second-order valence-electron chi connectivity index (χ2n) is 6.60. The van der Waals surface area contributed by atoms with E-state index in [4.69, 9.17) is 9.47 Å². The van der Waals surface area contributed by atoms with E-state index < -0.39 is 0 Å². The van der Waals surface area contributed by atoms with Crippen molar-refractivity contribution in [3.05, 3.63) is 22.6 Å². The third-order valence-electron chi connectivity index (χ3n) is 4.87. The number of carbonyl (C=O) groups excluding carboxylic acids is 1. The molecule has 8 nitrogen and oxygen atoms in total. The first-order valence-electron chi connectivity index (χ1n) is 8.86. The predicted molar refractivity (Wildman–Crippen MR) is 92.7 cm³/mol. The summed E-state index contributed by atoms with van der Waals surface area (Å²) in [5, 5.41) is 7.35. The molecule has 0 bridgehead atoms. The van der Waals surface area contributed by atoms with Gasteiger partial charge in [-0.1, -0.05) is 0 Å². The zero-order valence-corrected chi connectivity index (χ0v) is 14.6. The average molecular weight is 350 g/mol. The number of anilines is 1. The van der Waals surface area contributed by atoms with Crippen molar-refractivity contribution in [2.75, 3.05) is 44.9 Å². The lowest BCUT2D eigenvalue weighted by Gasteiger charge is -2.34. The molecule has 1 aromatic rings. The number of ether oxygens (including phenoxy) is 2. The van der Waals surface area contributed by atoms with Crippen LogP contribution >= 0.6 is 0 Å². The smallest absolute Gasteiger partial charge is 0.268 e. The standard InChI is InChI=1S/C17H26N4O4/c1-24-9-7-21-16(22)10-15(11-18-21)20-5-2-14(3-6-20)19-17(23)13-4-8-25-12-13/h10-11,13-14H,2-9,12H2,1H3,(H,19,23). The van der Waals surface area contributed by atoms with Crippen molar-refractivity contribution in [3.8, 4) is 0 Å². The van der Waals surface area contributed by atoms with Gasteiger partial charge in [0.25, 0.3) is 5.56 Å². The van der Waals surface area contributed by atoms with Crippen LogP contribution < -0.4 is 15.8 Å². The highest BCUT2D eigenvalue weighted by atomic mass is 16.5. The van der Waals surface area contributed by atoms with Crippen LogP contribution in [0, 0.1) is 5.92 Å². The zero-order chi connectivity index (χ0) is 17.6. The Morgan fingerprint density at radius 3 is 2.84 bits per heavy atom. The lowest BCUT2D eigenvalue weighted by molar-refractivity contribution is -0.125. The third kappa shape index (κ3) is 4.58. The summed E-state index contributed by atoms with van der Waals surface area (Å²) in [6.45, 7) is 3.73. The first kappa shape index (κ1) is 17.9. The number of aromatic nitrogens is 2. The normalized spacial score (nSPS) is 21.5. The molecule has 3 rings (SSSR count). The molecule has 1 unspecified atom stereocenters.